The van der Waals surface area contributed by atoms with Crippen LogP contribution in [0.2, 0.25) is 0 Å². The van der Waals surface area contributed by atoms with Crippen LogP contribution in [0.3, 0.4) is 0 Å². The largest absolute Gasteiger partial charge is 0.319 e. The number of amides is 1. The van der Waals surface area contributed by atoms with Crippen LogP contribution in [0.1, 0.15) is 27.3 Å². The molecule has 2 N–H and O–H groups in total. The highest BCUT2D eigenvalue weighted by Crippen LogP contribution is 2.18. The summed E-state index contributed by atoms with van der Waals surface area (Å²) in [6, 6.07) is 4.15. The normalized spacial score (nSPS) is 10.4. The molecule has 1 amide bonds. The van der Waals surface area contributed by atoms with Gasteiger partial charge < -0.3 is 5.32 Å². The number of nitrogens with zero attached hydrogens (tertiary/aromatic N) is 1. The fourth-order valence-corrected chi connectivity index (χ4v) is 1.75. The first-order valence-corrected chi connectivity index (χ1v) is 5.58. The molecule has 1 aromatic heterocycles. The smallest absolute Gasteiger partial charge is 0.256 e. The van der Waals surface area contributed by atoms with Crippen molar-refractivity contribution in [3.05, 3.63) is 46.5 Å². The molecule has 1 aromatic carbocycles. The summed E-state index contributed by atoms with van der Waals surface area (Å²) >= 11 is 0. The first kappa shape index (κ1) is 12.3. The average Bonchev–Trinajstić information content (AvgIpc) is 2.64. The van der Waals surface area contributed by atoms with Gasteiger partial charge in [-0.2, -0.15) is 5.10 Å². The molecule has 0 saturated heterocycles. The molecule has 0 saturated carbocycles. The van der Waals surface area contributed by atoms with Crippen molar-refractivity contribution in [2.45, 2.75) is 20.8 Å². The van der Waals surface area contributed by atoms with Crippen molar-refractivity contribution in [3.8, 4) is 0 Å². The Morgan fingerprint density at radius 1 is 1.33 bits per heavy atom. The Bertz CT molecular complexity index is 585. The molecule has 0 spiro atoms. The summed E-state index contributed by atoms with van der Waals surface area (Å²) in [6.45, 7) is 5.37. The van der Waals surface area contributed by atoms with Gasteiger partial charge in [-0.05, 0) is 38.5 Å². The van der Waals surface area contributed by atoms with Crippen molar-refractivity contribution in [1.82, 2.24) is 10.2 Å². The summed E-state index contributed by atoms with van der Waals surface area (Å²) in [5.41, 5.74) is 3.18. The number of H-pyrrole nitrogens is 1. The molecular weight excluding hydrogens is 233 g/mol. The lowest BCUT2D eigenvalue weighted by atomic mass is 10.1. The van der Waals surface area contributed by atoms with Gasteiger partial charge in [-0.3, -0.25) is 9.89 Å². The van der Waals surface area contributed by atoms with E-state index in [1.165, 1.54) is 12.1 Å². The number of aryl methyl sites for hydroxylation is 3. The lowest BCUT2D eigenvalue weighted by Gasteiger charge is -2.07. The minimum absolute atomic E-state index is 0.329. The number of nitrogens with one attached hydrogen (secondary N) is 2. The number of hydrogen-bond acceptors (Lipinski definition) is 2. The van der Waals surface area contributed by atoms with Gasteiger partial charge in [-0.25, -0.2) is 4.39 Å². The van der Waals surface area contributed by atoms with Gasteiger partial charge in [-0.15, -0.1) is 0 Å². The van der Waals surface area contributed by atoms with Gasteiger partial charge in [0, 0.05) is 5.56 Å². The van der Waals surface area contributed by atoms with E-state index in [2.05, 4.69) is 15.5 Å². The molecule has 2 aromatic rings. The maximum atomic E-state index is 13.1. The first-order chi connectivity index (χ1) is 8.49. The van der Waals surface area contributed by atoms with E-state index in [4.69, 9.17) is 0 Å². The Morgan fingerprint density at radius 3 is 2.67 bits per heavy atom. The number of halogens is 1. The molecule has 2 rings (SSSR count). The van der Waals surface area contributed by atoms with Crippen LogP contribution >= 0.6 is 0 Å². The van der Waals surface area contributed by atoms with Gasteiger partial charge in [0.25, 0.3) is 5.91 Å². The summed E-state index contributed by atoms with van der Waals surface area (Å²) < 4.78 is 13.1. The molecule has 0 radical (unpaired) electrons. The van der Waals surface area contributed by atoms with Crippen LogP contribution in [0.25, 0.3) is 0 Å². The second kappa shape index (κ2) is 4.60. The van der Waals surface area contributed by atoms with Crippen LogP contribution in [0.15, 0.2) is 18.2 Å². The van der Waals surface area contributed by atoms with E-state index in [0.29, 0.717) is 16.9 Å². The average molecular weight is 247 g/mol. The zero-order valence-corrected chi connectivity index (χ0v) is 10.5. The van der Waals surface area contributed by atoms with Gasteiger partial charge in [0.2, 0.25) is 0 Å². The lowest BCUT2D eigenvalue weighted by molar-refractivity contribution is 0.102. The Hall–Kier alpha value is -2.17. The number of rotatable bonds is 2. The Labute approximate surface area is 104 Å². The van der Waals surface area contributed by atoms with Crippen LogP contribution < -0.4 is 5.32 Å². The third-order valence-corrected chi connectivity index (χ3v) is 2.81. The molecule has 0 atom stereocenters. The predicted molar refractivity (Wildman–Crippen MR) is 67.2 cm³/mol. The Morgan fingerprint density at radius 2 is 2.06 bits per heavy atom. The number of aromatic amines is 1. The van der Waals surface area contributed by atoms with E-state index in [1.807, 2.05) is 6.92 Å². The number of benzene rings is 1. The summed E-state index contributed by atoms with van der Waals surface area (Å²) in [5.74, 6) is -0.758. The molecule has 0 aliphatic carbocycles. The number of carbonyl (C=O) groups is 1. The highest BCUT2D eigenvalue weighted by molar-refractivity contribution is 6.05. The molecule has 5 heteroatoms. The minimum atomic E-state index is -0.425. The zero-order chi connectivity index (χ0) is 13.3. The third-order valence-electron chi connectivity index (χ3n) is 2.81. The van der Waals surface area contributed by atoms with E-state index in [1.54, 1.807) is 19.9 Å². The molecule has 1 heterocycles. The fourth-order valence-electron chi connectivity index (χ4n) is 1.75. The summed E-state index contributed by atoms with van der Waals surface area (Å²) in [7, 11) is 0. The van der Waals surface area contributed by atoms with E-state index in [0.717, 1.165) is 11.3 Å². The topological polar surface area (TPSA) is 57.8 Å². The lowest BCUT2D eigenvalue weighted by Crippen LogP contribution is -2.14. The number of aromatic nitrogens is 2. The number of carbonyl (C=O) groups excluding carboxylic acids is 1. The van der Waals surface area contributed by atoms with Crippen LogP contribution in [0.4, 0.5) is 10.1 Å². The standard InChI is InChI=1S/C13H14FN3O/c1-7-4-5-10(14)6-11(7)13(18)15-12-8(2)16-17-9(12)3/h4-6H,1-3H3,(H,15,18)(H,16,17). The first-order valence-electron chi connectivity index (χ1n) is 5.58. The molecular formula is C13H14FN3O. The molecule has 94 valence electrons. The van der Waals surface area contributed by atoms with Crippen molar-refractivity contribution in [1.29, 1.82) is 0 Å². The zero-order valence-electron chi connectivity index (χ0n) is 10.5. The quantitative estimate of drug-likeness (QED) is 0.857. The van der Waals surface area contributed by atoms with Crippen molar-refractivity contribution >= 4 is 11.6 Å². The highest BCUT2D eigenvalue weighted by Gasteiger charge is 2.14. The van der Waals surface area contributed by atoms with E-state index < -0.39 is 5.82 Å². The molecule has 0 aliphatic heterocycles. The maximum absolute atomic E-state index is 13.1. The SMILES string of the molecule is Cc1ccc(F)cc1C(=O)Nc1c(C)n[nH]c1C. The minimum Gasteiger partial charge on any atom is -0.319 e. The predicted octanol–water partition coefficient (Wildman–Crippen LogP) is 2.73. The molecule has 0 fully saturated rings. The van der Waals surface area contributed by atoms with E-state index >= 15 is 0 Å². The maximum Gasteiger partial charge on any atom is 0.256 e. The molecule has 0 aliphatic rings. The summed E-state index contributed by atoms with van der Waals surface area (Å²) in [4.78, 5) is 12.1. The second-order valence-corrected chi connectivity index (χ2v) is 4.22. The van der Waals surface area contributed by atoms with Crippen LogP contribution in [-0.4, -0.2) is 16.1 Å². The highest BCUT2D eigenvalue weighted by atomic mass is 19.1. The molecule has 4 nitrogen and oxygen atoms in total. The van der Waals surface area contributed by atoms with Gasteiger partial charge in [0.1, 0.15) is 5.82 Å². The second-order valence-electron chi connectivity index (χ2n) is 4.22. The number of anilines is 1. The van der Waals surface area contributed by atoms with Crippen LogP contribution in [-0.2, 0) is 0 Å². The van der Waals surface area contributed by atoms with Gasteiger partial charge in [0.15, 0.2) is 0 Å². The number of hydrogen-bond donors (Lipinski definition) is 2. The Kier molecular flexibility index (Phi) is 3.14. The Balaban J connectivity index is 2.30. The van der Waals surface area contributed by atoms with Gasteiger partial charge >= 0.3 is 0 Å². The van der Waals surface area contributed by atoms with Crippen molar-refractivity contribution in [2.75, 3.05) is 5.32 Å². The van der Waals surface area contributed by atoms with Gasteiger partial charge in [0.05, 0.1) is 17.1 Å². The van der Waals surface area contributed by atoms with Crippen molar-refractivity contribution < 1.29 is 9.18 Å². The van der Waals surface area contributed by atoms with Crippen LogP contribution in [0.5, 0.6) is 0 Å². The van der Waals surface area contributed by atoms with E-state index in [-0.39, 0.29) is 5.91 Å². The van der Waals surface area contributed by atoms with Crippen LogP contribution in [0, 0.1) is 26.6 Å². The monoisotopic (exact) mass is 247 g/mol. The van der Waals surface area contributed by atoms with E-state index in [9.17, 15) is 9.18 Å². The van der Waals surface area contributed by atoms with Gasteiger partial charge in [-0.1, -0.05) is 6.07 Å². The molecule has 18 heavy (non-hydrogen) atoms. The summed E-state index contributed by atoms with van der Waals surface area (Å²) in [6.07, 6.45) is 0. The van der Waals surface area contributed by atoms with Crippen molar-refractivity contribution in [3.63, 3.8) is 0 Å². The molecule has 0 bridgehead atoms. The van der Waals surface area contributed by atoms with Crippen molar-refractivity contribution in [2.24, 2.45) is 0 Å². The third kappa shape index (κ3) is 2.25. The molecule has 0 unspecified atom stereocenters. The fraction of sp³-hybridized carbons (Fsp3) is 0.231. The summed E-state index contributed by atoms with van der Waals surface area (Å²) in [5, 5.41) is 9.51.